The van der Waals surface area contributed by atoms with Gasteiger partial charge in [0.25, 0.3) is 0 Å². The highest BCUT2D eigenvalue weighted by Gasteiger charge is 2.13. The molecule has 6 nitrogen and oxygen atoms in total. The SMILES string of the molecule is CN(C)c1ccc(NC(=O)CN2CCNCC2)cn1. The summed E-state index contributed by atoms with van der Waals surface area (Å²) in [5.74, 6) is 0.890. The van der Waals surface area contributed by atoms with Gasteiger partial charge in [0.05, 0.1) is 18.4 Å². The molecule has 0 unspecified atom stereocenters. The molecule has 2 N–H and O–H groups in total. The Bertz CT molecular complexity index is 412. The van der Waals surface area contributed by atoms with E-state index in [1.165, 1.54) is 0 Å². The number of amides is 1. The van der Waals surface area contributed by atoms with Crippen molar-refractivity contribution in [2.75, 3.05) is 57.0 Å². The zero-order chi connectivity index (χ0) is 13.7. The van der Waals surface area contributed by atoms with Gasteiger partial charge in [0.15, 0.2) is 0 Å². The molecule has 0 saturated carbocycles. The minimum Gasteiger partial charge on any atom is -0.363 e. The van der Waals surface area contributed by atoms with Crippen LogP contribution in [0.5, 0.6) is 0 Å². The van der Waals surface area contributed by atoms with Gasteiger partial charge in [0.1, 0.15) is 5.82 Å². The monoisotopic (exact) mass is 263 g/mol. The summed E-state index contributed by atoms with van der Waals surface area (Å²) in [6, 6.07) is 3.76. The van der Waals surface area contributed by atoms with Crippen LogP contribution in [-0.2, 0) is 4.79 Å². The summed E-state index contributed by atoms with van der Waals surface area (Å²) in [4.78, 5) is 20.2. The van der Waals surface area contributed by atoms with Crippen molar-refractivity contribution in [1.29, 1.82) is 0 Å². The molecular weight excluding hydrogens is 242 g/mol. The number of rotatable bonds is 4. The molecule has 2 heterocycles. The van der Waals surface area contributed by atoms with Crippen LogP contribution in [0.3, 0.4) is 0 Å². The highest BCUT2D eigenvalue weighted by atomic mass is 16.2. The van der Waals surface area contributed by atoms with Gasteiger partial charge in [-0.2, -0.15) is 0 Å². The maximum absolute atomic E-state index is 11.9. The van der Waals surface area contributed by atoms with E-state index in [4.69, 9.17) is 0 Å². The zero-order valence-corrected chi connectivity index (χ0v) is 11.5. The minimum absolute atomic E-state index is 0.0151. The van der Waals surface area contributed by atoms with Crippen LogP contribution in [0.15, 0.2) is 18.3 Å². The topological polar surface area (TPSA) is 60.5 Å². The fourth-order valence-corrected chi connectivity index (χ4v) is 2.00. The van der Waals surface area contributed by atoms with Gasteiger partial charge in [-0.15, -0.1) is 0 Å². The van der Waals surface area contributed by atoms with Crippen LogP contribution >= 0.6 is 0 Å². The molecule has 0 bridgehead atoms. The largest absolute Gasteiger partial charge is 0.363 e. The van der Waals surface area contributed by atoms with Crippen molar-refractivity contribution in [3.05, 3.63) is 18.3 Å². The Morgan fingerprint density at radius 3 is 2.74 bits per heavy atom. The summed E-state index contributed by atoms with van der Waals surface area (Å²) in [7, 11) is 3.87. The molecule has 0 radical (unpaired) electrons. The van der Waals surface area contributed by atoms with Crippen LogP contribution in [0.25, 0.3) is 0 Å². The molecule has 1 fully saturated rings. The Hall–Kier alpha value is -1.66. The summed E-state index contributed by atoms with van der Waals surface area (Å²) >= 11 is 0. The number of carbonyl (C=O) groups is 1. The number of hydrogen-bond acceptors (Lipinski definition) is 5. The lowest BCUT2D eigenvalue weighted by atomic mass is 10.3. The third-order valence-electron chi connectivity index (χ3n) is 3.07. The van der Waals surface area contributed by atoms with Crippen molar-refractivity contribution in [1.82, 2.24) is 15.2 Å². The first-order valence-corrected chi connectivity index (χ1v) is 6.51. The third kappa shape index (κ3) is 4.18. The summed E-state index contributed by atoms with van der Waals surface area (Å²) in [5.41, 5.74) is 0.741. The molecule has 19 heavy (non-hydrogen) atoms. The Morgan fingerprint density at radius 2 is 2.16 bits per heavy atom. The molecule has 1 aromatic rings. The van der Waals surface area contributed by atoms with E-state index in [-0.39, 0.29) is 5.91 Å². The van der Waals surface area contributed by atoms with E-state index in [2.05, 4.69) is 20.5 Å². The number of pyridine rings is 1. The van der Waals surface area contributed by atoms with E-state index in [0.717, 1.165) is 37.7 Å². The molecule has 104 valence electrons. The molecule has 1 amide bonds. The molecule has 0 atom stereocenters. The minimum atomic E-state index is 0.0151. The third-order valence-corrected chi connectivity index (χ3v) is 3.07. The quantitative estimate of drug-likeness (QED) is 0.800. The van der Waals surface area contributed by atoms with Gasteiger partial charge in [-0.25, -0.2) is 4.98 Å². The molecule has 0 spiro atoms. The number of nitrogens with zero attached hydrogens (tertiary/aromatic N) is 3. The molecule has 1 aromatic heterocycles. The van der Waals surface area contributed by atoms with Crippen LogP contribution in [0.1, 0.15) is 0 Å². The maximum atomic E-state index is 11.9. The summed E-state index contributed by atoms with van der Waals surface area (Å²) in [6.07, 6.45) is 1.69. The van der Waals surface area contributed by atoms with E-state index >= 15 is 0 Å². The van der Waals surface area contributed by atoms with Gasteiger partial charge in [-0.1, -0.05) is 0 Å². The van der Waals surface area contributed by atoms with Gasteiger partial charge in [0.2, 0.25) is 5.91 Å². The molecule has 1 aliphatic rings. The number of aromatic nitrogens is 1. The van der Waals surface area contributed by atoms with Crippen LogP contribution < -0.4 is 15.5 Å². The van der Waals surface area contributed by atoms with E-state index in [9.17, 15) is 4.79 Å². The predicted octanol–water partition coefficient (Wildman–Crippen LogP) is -0.00870. The Morgan fingerprint density at radius 1 is 1.42 bits per heavy atom. The molecule has 2 rings (SSSR count). The van der Waals surface area contributed by atoms with Crippen LogP contribution in [0.4, 0.5) is 11.5 Å². The fraction of sp³-hybridized carbons (Fsp3) is 0.538. The molecule has 1 aliphatic heterocycles. The summed E-state index contributed by atoms with van der Waals surface area (Å²) in [6.45, 7) is 4.19. The maximum Gasteiger partial charge on any atom is 0.238 e. The number of piperazine rings is 1. The second kappa shape index (κ2) is 6.49. The second-order valence-electron chi connectivity index (χ2n) is 4.87. The molecular formula is C13H21N5O. The zero-order valence-electron chi connectivity index (χ0n) is 11.5. The van der Waals surface area contributed by atoms with E-state index in [1.807, 2.05) is 31.1 Å². The van der Waals surface area contributed by atoms with Crippen molar-refractivity contribution in [2.24, 2.45) is 0 Å². The Kier molecular flexibility index (Phi) is 4.70. The molecule has 6 heteroatoms. The van der Waals surface area contributed by atoms with Gasteiger partial charge < -0.3 is 15.5 Å². The first kappa shape index (κ1) is 13.8. The lowest BCUT2D eigenvalue weighted by Crippen LogP contribution is -2.46. The van der Waals surface area contributed by atoms with Crippen molar-refractivity contribution in [2.45, 2.75) is 0 Å². The van der Waals surface area contributed by atoms with Gasteiger partial charge in [-0.05, 0) is 12.1 Å². The van der Waals surface area contributed by atoms with Crippen LogP contribution in [0.2, 0.25) is 0 Å². The first-order valence-electron chi connectivity index (χ1n) is 6.51. The first-order chi connectivity index (χ1) is 9.15. The predicted molar refractivity (Wildman–Crippen MR) is 76.5 cm³/mol. The highest BCUT2D eigenvalue weighted by Crippen LogP contribution is 2.11. The van der Waals surface area contributed by atoms with Crippen LogP contribution in [0, 0.1) is 0 Å². The van der Waals surface area contributed by atoms with Crippen molar-refractivity contribution >= 4 is 17.4 Å². The second-order valence-corrected chi connectivity index (χ2v) is 4.87. The lowest BCUT2D eigenvalue weighted by Gasteiger charge is -2.26. The van der Waals surface area contributed by atoms with E-state index < -0.39 is 0 Å². The van der Waals surface area contributed by atoms with Crippen molar-refractivity contribution in [3.63, 3.8) is 0 Å². The molecule has 0 aliphatic carbocycles. The molecule has 0 aromatic carbocycles. The van der Waals surface area contributed by atoms with E-state index in [1.54, 1.807) is 6.20 Å². The Balaban J connectivity index is 1.84. The standard InChI is InChI=1S/C13H21N5O/c1-17(2)12-4-3-11(9-15-12)16-13(19)10-18-7-5-14-6-8-18/h3-4,9,14H,5-8,10H2,1-2H3,(H,16,19). The highest BCUT2D eigenvalue weighted by molar-refractivity contribution is 5.92. The van der Waals surface area contributed by atoms with Gasteiger partial charge in [0, 0.05) is 40.3 Å². The average Bonchev–Trinajstić information content (AvgIpc) is 2.40. The average molecular weight is 263 g/mol. The lowest BCUT2D eigenvalue weighted by molar-refractivity contribution is -0.117. The van der Waals surface area contributed by atoms with Crippen molar-refractivity contribution < 1.29 is 4.79 Å². The number of hydrogen-bond donors (Lipinski definition) is 2. The Labute approximate surface area is 113 Å². The fourth-order valence-electron chi connectivity index (χ4n) is 2.00. The van der Waals surface area contributed by atoms with Crippen molar-refractivity contribution in [3.8, 4) is 0 Å². The summed E-state index contributed by atoms with van der Waals surface area (Å²) in [5, 5.41) is 6.14. The van der Waals surface area contributed by atoms with E-state index in [0.29, 0.717) is 6.54 Å². The number of nitrogens with one attached hydrogen (secondary N) is 2. The smallest absolute Gasteiger partial charge is 0.238 e. The number of anilines is 2. The van der Waals surface area contributed by atoms with Gasteiger partial charge in [-0.3, -0.25) is 9.69 Å². The summed E-state index contributed by atoms with van der Waals surface area (Å²) < 4.78 is 0. The normalized spacial score (nSPS) is 16.1. The van der Waals surface area contributed by atoms with Gasteiger partial charge >= 0.3 is 0 Å². The van der Waals surface area contributed by atoms with Crippen LogP contribution in [-0.4, -0.2) is 62.6 Å². The number of carbonyl (C=O) groups excluding carboxylic acids is 1. The molecule has 1 saturated heterocycles.